The Kier molecular flexibility index (Phi) is 3.88. The van der Waals surface area contributed by atoms with Crippen molar-refractivity contribution >= 4 is 5.78 Å². The van der Waals surface area contributed by atoms with E-state index in [0.717, 1.165) is 6.54 Å². The fourth-order valence-electron chi connectivity index (χ4n) is 2.25. The molecule has 0 aliphatic carbocycles. The number of nitrogens with zero attached hydrogens (tertiary/aromatic N) is 1. The summed E-state index contributed by atoms with van der Waals surface area (Å²) in [5.74, 6) is 0.768. The number of likely N-dealkylation sites (N-methyl/N-ethyl adjacent to an activating group) is 1. The first-order chi connectivity index (χ1) is 6.15. The van der Waals surface area contributed by atoms with E-state index in [1.807, 2.05) is 7.05 Å². The molecule has 0 amide bonds. The van der Waals surface area contributed by atoms with Crippen LogP contribution in [0.25, 0.3) is 0 Å². The number of rotatable bonds is 3. The molecular formula is C10H20N2O. The molecule has 2 unspecified atom stereocenters. The van der Waals surface area contributed by atoms with Crippen LogP contribution in [-0.4, -0.2) is 43.9 Å². The third-order valence-corrected chi connectivity index (χ3v) is 2.88. The Balaban J connectivity index is 2.52. The van der Waals surface area contributed by atoms with Gasteiger partial charge in [-0.1, -0.05) is 0 Å². The van der Waals surface area contributed by atoms with E-state index < -0.39 is 0 Å². The third kappa shape index (κ3) is 2.78. The molecule has 1 aliphatic rings. The standard InChI is InChI=1S/C10H20N2O/c1-8(13)10(11-2)9-5-4-6-12(3)7-9/h9-11H,4-7H2,1-3H3. The van der Waals surface area contributed by atoms with Crippen LogP contribution in [-0.2, 0) is 4.79 Å². The van der Waals surface area contributed by atoms with Crippen LogP contribution in [0.1, 0.15) is 19.8 Å². The number of Topliss-reactive ketones (excluding diaryl/α,β-unsaturated/α-hetero) is 1. The summed E-state index contributed by atoms with van der Waals surface area (Å²) in [7, 11) is 4.00. The minimum absolute atomic E-state index is 0.0581. The summed E-state index contributed by atoms with van der Waals surface area (Å²) in [5, 5.41) is 3.12. The number of piperidine rings is 1. The zero-order valence-corrected chi connectivity index (χ0v) is 8.84. The molecule has 0 saturated carbocycles. The number of carbonyl (C=O) groups is 1. The van der Waals surface area contributed by atoms with Gasteiger partial charge in [-0.05, 0) is 46.3 Å². The van der Waals surface area contributed by atoms with E-state index in [9.17, 15) is 4.79 Å². The smallest absolute Gasteiger partial charge is 0.147 e. The summed E-state index contributed by atoms with van der Waals surface area (Å²) in [6.45, 7) is 3.89. The van der Waals surface area contributed by atoms with Gasteiger partial charge in [0.2, 0.25) is 0 Å². The maximum Gasteiger partial charge on any atom is 0.147 e. The van der Waals surface area contributed by atoms with Gasteiger partial charge in [-0.2, -0.15) is 0 Å². The van der Waals surface area contributed by atoms with Crippen molar-refractivity contribution in [3.63, 3.8) is 0 Å². The molecule has 3 nitrogen and oxygen atoms in total. The summed E-state index contributed by atoms with van der Waals surface area (Å²) >= 11 is 0. The Bertz CT molecular complexity index is 182. The lowest BCUT2D eigenvalue weighted by molar-refractivity contribution is -0.120. The average Bonchev–Trinajstić information content (AvgIpc) is 2.04. The van der Waals surface area contributed by atoms with Crippen LogP contribution < -0.4 is 5.32 Å². The van der Waals surface area contributed by atoms with Gasteiger partial charge in [0.1, 0.15) is 5.78 Å². The highest BCUT2D eigenvalue weighted by molar-refractivity contribution is 5.81. The van der Waals surface area contributed by atoms with E-state index in [2.05, 4.69) is 17.3 Å². The van der Waals surface area contributed by atoms with Crippen LogP contribution in [0, 0.1) is 5.92 Å². The van der Waals surface area contributed by atoms with Crippen LogP contribution in [0.5, 0.6) is 0 Å². The fraction of sp³-hybridized carbons (Fsp3) is 0.900. The minimum atomic E-state index is 0.0581. The maximum absolute atomic E-state index is 11.3. The van der Waals surface area contributed by atoms with Crippen molar-refractivity contribution in [2.45, 2.75) is 25.8 Å². The number of hydrogen-bond donors (Lipinski definition) is 1. The van der Waals surface area contributed by atoms with Crippen LogP contribution in [0.3, 0.4) is 0 Å². The molecule has 1 aliphatic heterocycles. The predicted octanol–water partition coefficient (Wildman–Crippen LogP) is 0.505. The quantitative estimate of drug-likeness (QED) is 0.693. The summed E-state index contributed by atoms with van der Waals surface area (Å²) in [5.41, 5.74) is 0. The molecule has 1 heterocycles. The fourth-order valence-corrected chi connectivity index (χ4v) is 2.25. The summed E-state index contributed by atoms with van der Waals surface area (Å²) in [6.07, 6.45) is 2.39. The van der Waals surface area contributed by atoms with Crippen molar-refractivity contribution in [3.8, 4) is 0 Å². The molecule has 2 atom stereocenters. The van der Waals surface area contributed by atoms with E-state index in [1.165, 1.54) is 19.4 Å². The molecule has 0 bridgehead atoms. The number of hydrogen-bond acceptors (Lipinski definition) is 3. The highest BCUT2D eigenvalue weighted by Crippen LogP contribution is 2.18. The van der Waals surface area contributed by atoms with Gasteiger partial charge in [0.25, 0.3) is 0 Å². The molecular weight excluding hydrogens is 164 g/mol. The molecule has 0 aromatic carbocycles. The lowest BCUT2D eigenvalue weighted by Crippen LogP contribution is -2.46. The zero-order valence-electron chi connectivity index (χ0n) is 8.84. The Hall–Kier alpha value is -0.410. The normalized spacial score (nSPS) is 27.2. The van der Waals surface area contributed by atoms with Crippen LogP contribution in [0.2, 0.25) is 0 Å². The van der Waals surface area contributed by atoms with Crippen molar-refractivity contribution in [2.24, 2.45) is 5.92 Å². The first-order valence-corrected chi connectivity index (χ1v) is 5.01. The second-order valence-electron chi connectivity index (χ2n) is 4.04. The molecule has 1 fully saturated rings. The zero-order chi connectivity index (χ0) is 9.84. The van der Waals surface area contributed by atoms with Gasteiger partial charge < -0.3 is 10.2 Å². The van der Waals surface area contributed by atoms with E-state index in [0.29, 0.717) is 5.92 Å². The Labute approximate surface area is 80.5 Å². The lowest BCUT2D eigenvalue weighted by atomic mass is 9.89. The van der Waals surface area contributed by atoms with Crippen molar-refractivity contribution in [2.75, 3.05) is 27.2 Å². The number of carbonyl (C=O) groups excluding carboxylic acids is 1. The van der Waals surface area contributed by atoms with Gasteiger partial charge in [-0.15, -0.1) is 0 Å². The highest BCUT2D eigenvalue weighted by Gasteiger charge is 2.27. The average molecular weight is 184 g/mol. The molecule has 0 radical (unpaired) electrons. The van der Waals surface area contributed by atoms with Crippen molar-refractivity contribution in [1.82, 2.24) is 10.2 Å². The predicted molar refractivity (Wildman–Crippen MR) is 53.7 cm³/mol. The number of ketones is 1. The van der Waals surface area contributed by atoms with Gasteiger partial charge in [-0.25, -0.2) is 0 Å². The van der Waals surface area contributed by atoms with Crippen molar-refractivity contribution < 1.29 is 4.79 Å². The Morgan fingerprint density at radius 1 is 1.62 bits per heavy atom. The largest absolute Gasteiger partial charge is 0.310 e. The van der Waals surface area contributed by atoms with E-state index in [-0.39, 0.29) is 11.8 Å². The van der Waals surface area contributed by atoms with Crippen molar-refractivity contribution in [3.05, 3.63) is 0 Å². The second-order valence-corrected chi connectivity index (χ2v) is 4.04. The van der Waals surface area contributed by atoms with Crippen molar-refractivity contribution in [1.29, 1.82) is 0 Å². The molecule has 1 N–H and O–H groups in total. The third-order valence-electron chi connectivity index (χ3n) is 2.88. The Morgan fingerprint density at radius 3 is 2.77 bits per heavy atom. The minimum Gasteiger partial charge on any atom is -0.310 e. The van der Waals surface area contributed by atoms with Gasteiger partial charge in [0, 0.05) is 6.54 Å². The molecule has 0 aromatic rings. The van der Waals surface area contributed by atoms with Crippen LogP contribution >= 0.6 is 0 Å². The molecule has 1 rings (SSSR count). The first-order valence-electron chi connectivity index (χ1n) is 5.01. The molecule has 3 heteroatoms. The first kappa shape index (κ1) is 10.7. The summed E-state index contributed by atoms with van der Waals surface area (Å²) in [6, 6.07) is 0.0581. The van der Waals surface area contributed by atoms with Gasteiger partial charge >= 0.3 is 0 Å². The molecule has 0 aromatic heterocycles. The van der Waals surface area contributed by atoms with E-state index in [4.69, 9.17) is 0 Å². The Morgan fingerprint density at radius 2 is 2.31 bits per heavy atom. The number of likely N-dealkylation sites (tertiary alicyclic amines) is 1. The van der Waals surface area contributed by atoms with Gasteiger partial charge in [0.15, 0.2) is 0 Å². The molecule has 13 heavy (non-hydrogen) atoms. The van der Waals surface area contributed by atoms with Gasteiger partial charge in [-0.3, -0.25) is 4.79 Å². The summed E-state index contributed by atoms with van der Waals surface area (Å²) in [4.78, 5) is 13.6. The lowest BCUT2D eigenvalue weighted by Gasteiger charge is -2.33. The molecule has 76 valence electrons. The highest BCUT2D eigenvalue weighted by atomic mass is 16.1. The van der Waals surface area contributed by atoms with Gasteiger partial charge in [0.05, 0.1) is 6.04 Å². The summed E-state index contributed by atoms with van der Waals surface area (Å²) < 4.78 is 0. The SMILES string of the molecule is CNC(C(C)=O)C1CCCN(C)C1. The monoisotopic (exact) mass is 184 g/mol. The van der Waals surface area contributed by atoms with Crippen LogP contribution in [0.4, 0.5) is 0 Å². The topological polar surface area (TPSA) is 32.3 Å². The maximum atomic E-state index is 11.3. The van der Waals surface area contributed by atoms with E-state index >= 15 is 0 Å². The molecule has 1 saturated heterocycles. The van der Waals surface area contributed by atoms with Crippen LogP contribution in [0.15, 0.2) is 0 Å². The van der Waals surface area contributed by atoms with E-state index in [1.54, 1.807) is 6.92 Å². The second kappa shape index (κ2) is 4.72. The molecule has 0 spiro atoms. The number of nitrogens with one attached hydrogen (secondary N) is 1.